The smallest absolute Gasteiger partial charge is 0.150 e. The van der Waals surface area contributed by atoms with Crippen LogP contribution in [0.5, 0.6) is 11.5 Å². The van der Waals surface area contributed by atoms with Crippen molar-refractivity contribution >= 4 is 50.1 Å². The Morgan fingerprint density at radius 1 is 1.12 bits per heavy atom. The molecule has 17 heavy (non-hydrogen) atoms. The van der Waals surface area contributed by atoms with Crippen molar-refractivity contribution in [2.45, 2.75) is 5.33 Å². The van der Waals surface area contributed by atoms with Crippen LogP contribution in [0, 0.1) is 3.57 Å². The highest BCUT2D eigenvalue weighted by atomic mass is 127. The first-order chi connectivity index (χ1) is 8.22. The number of para-hydroxylation sites is 2. The molecule has 0 unspecified atom stereocenters. The van der Waals surface area contributed by atoms with Crippen molar-refractivity contribution in [2.75, 3.05) is 0 Å². The molecule has 0 fully saturated rings. The predicted octanol–water partition coefficient (Wildman–Crippen LogP) is 5.63. The van der Waals surface area contributed by atoms with Gasteiger partial charge in [-0.25, -0.2) is 0 Å². The molecule has 0 spiro atoms. The third-order valence-corrected chi connectivity index (χ3v) is 4.03. The number of ether oxygens (including phenoxy) is 1. The van der Waals surface area contributed by atoms with Gasteiger partial charge in [-0.2, -0.15) is 0 Å². The Balaban J connectivity index is 2.39. The van der Waals surface area contributed by atoms with Crippen molar-refractivity contribution in [3.63, 3.8) is 0 Å². The molecule has 0 atom stereocenters. The first kappa shape index (κ1) is 13.2. The van der Waals surface area contributed by atoms with Gasteiger partial charge in [0.1, 0.15) is 11.5 Å². The topological polar surface area (TPSA) is 9.23 Å². The molecule has 0 aliphatic heterocycles. The molecule has 88 valence electrons. The van der Waals surface area contributed by atoms with Gasteiger partial charge in [0, 0.05) is 10.9 Å². The molecule has 0 saturated carbocycles. The zero-order chi connectivity index (χ0) is 12.3. The molecule has 0 aromatic heterocycles. The van der Waals surface area contributed by atoms with E-state index in [1.807, 2.05) is 42.5 Å². The van der Waals surface area contributed by atoms with E-state index >= 15 is 0 Å². The van der Waals surface area contributed by atoms with Gasteiger partial charge in [-0.3, -0.25) is 0 Å². The van der Waals surface area contributed by atoms with Gasteiger partial charge in [0.05, 0.1) is 8.59 Å². The number of hydrogen-bond acceptors (Lipinski definition) is 1. The van der Waals surface area contributed by atoms with E-state index in [2.05, 4.69) is 38.5 Å². The number of rotatable bonds is 3. The zero-order valence-electron chi connectivity index (χ0n) is 8.79. The van der Waals surface area contributed by atoms with Crippen LogP contribution in [0.15, 0.2) is 42.5 Å². The molecule has 0 amide bonds. The molecule has 0 bridgehead atoms. The second-order valence-corrected chi connectivity index (χ2v) is 5.52. The highest BCUT2D eigenvalue weighted by molar-refractivity contribution is 14.1. The fourth-order valence-corrected chi connectivity index (χ4v) is 2.58. The van der Waals surface area contributed by atoms with Gasteiger partial charge in [-0.15, -0.1) is 0 Å². The van der Waals surface area contributed by atoms with Crippen LogP contribution in [0.25, 0.3) is 0 Å². The lowest BCUT2D eigenvalue weighted by Crippen LogP contribution is -1.92. The number of halogens is 3. The second-order valence-electron chi connectivity index (χ2n) is 3.39. The van der Waals surface area contributed by atoms with Gasteiger partial charge in [-0.05, 0) is 40.8 Å². The monoisotopic (exact) mass is 422 g/mol. The molecule has 0 N–H and O–H groups in total. The number of hydrogen-bond donors (Lipinski definition) is 0. The van der Waals surface area contributed by atoms with Crippen molar-refractivity contribution in [2.24, 2.45) is 0 Å². The Morgan fingerprint density at radius 3 is 2.59 bits per heavy atom. The van der Waals surface area contributed by atoms with E-state index in [0.717, 1.165) is 20.6 Å². The van der Waals surface area contributed by atoms with Crippen LogP contribution in [-0.4, -0.2) is 0 Å². The molecule has 0 radical (unpaired) electrons. The summed E-state index contributed by atoms with van der Waals surface area (Å²) in [5, 5.41) is 1.34. The Bertz CT molecular complexity index is 531. The standard InChI is InChI=1S/C13H9BrClIO/c14-8-9-4-3-5-10(15)13(9)17-12-7-2-1-6-11(12)16/h1-7H,8H2. The second kappa shape index (κ2) is 6.07. The third kappa shape index (κ3) is 3.14. The van der Waals surface area contributed by atoms with Crippen molar-refractivity contribution in [1.82, 2.24) is 0 Å². The van der Waals surface area contributed by atoms with Crippen molar-refractivity contribution in [1.29, 1.82) is 0 Å². The molecule has 0 heterocycles. The first-order valence-corrected chi connectivity index (χ1v) is 7.56. The SMILES string of the molecule is Clc1cccc(CBr)c1Oc1ccccc1I. The highest BCUT2D eigenvalue weighted by Gasteiger charge is 2.10. The van der Waals surface area contributed by atoms with Crippen LogP contribution >= 0.6 is 50.1 Å². The highest BCUT2D eigenvalue weighted by Crippen LogP contribution is 2.35. The van der Waals surface area contributed by atoms with Crippen LogP contribution in [0.2, 0.25) is 5.02 Å². The first-order valence-electron chi connectivity index (χ1n) is 4.98. The molecule has 2 aromatic rings. The normalized spacial score (nSPS) is 10.3. The fraction of sp³-hybridized carbons (Fsp3) is 0.0769. The largest absolute Gasteiger partial charge is 0.454 e. The molecular weight excluding hydrogens is 414 g/mol. The van der Waals surface area contributed by atoms with Gasteiger partial charge in [0.25, 0.3) is 0 Å². The summed E-state index contributed by atoms with van der Waals surface area (Å²) in [4.78, 5) is 0. The van der Waals surface area contributed by atoms with E-state index in [-0.39, 0.29) is 0 Å². The molecule has 2 rings (SSSR count). The van der Waals surface area contributed by atoms with E-state index in [1.165, 1.54) is 0 Å². The Morgan fingerprint density at radius 2 is 1.88 bits per heavy atom. The summed E-state index contributed by atoms with van der Waals surface area (Å²) in [7, 11) is 0. The van der Waals surface area contributed by atoms with Crippen molar-refractivity contribution < 1.29 is 4.74 Å². The number of benzene rings is 2. The molecule has 2 aromatic carbocycles. The van der Waals surface area contributed by atoms with Crippen molar-refractivity contribution in [3.05, 3.63) is 56.6 Å². The minimum atomic E-state index is 0.626. The van der Waals surface area contributed by atoms with Gasteiger partial charge in [0.2, 0.25) is 0 Å². The minimum Gasteiger partial charge on any atom is -0.454 e. The van der Waals surface area contributed by atoms with Crippen LogP contribution in [0.4, 0.5) is 0 Å². The van der Waals surface area contributed by atoms with Crippen LogP contribution in [-0.2, 0) is 5.33 Å². The average Bonchev–Trinajstić information content (AvgIpc) is 2.34. The van der Waals surface area contributed by atoms with Gasteiger partial charge < -0.3 is 4.74 Å². The maximum atomic E-state index is 6.16. The van der Waals surface area contributed by atoms with Crippen LogP contribution in [0.1, 0.15) is 5.56 Å². The van der Waals surface area contributed by atoms with Gasteiger partial charge in [-0.1, -0.05) is 51.8 Å². The predicted molar refractivity (Wildman–Crippen MR) is 83.3 cm³/mol. The minimum absolute atomic E-state index is 0.626. The van der Waals surface area contributed by atoms with Crippen LogP contribution < -0.4 is 4.74 Å². The molecule has 0 aliphatic carbocycles. The van der Waals surface area contributed by atoms with Gasteiger partial charge in [0.15, 0.2) is 0 Å². The summed E-state index contributed by atoms with van der Waals surface area (Å²) in [5.74, 6) is 1.54. The van der Waals surface area contributed by atoms with Crippen LogP contribution in [0.3, 0.4) is 0 Å². The lowest BCUT2D eigenvalue weighted by Gasteiger charge is -2.12. The Labute approximate surface area is 127 Å². The summed E-state index contributed by atoms with van der Waals surface area (Å²) >= 11 is 11.8. The Kier molecular flexibility index (Phi) is 4.70. The summed E-state index contributed by atoms with van der Waals surface area (Å²) in [5.41, 5.74) is 1.04. The summed E-state index contributed by atoms with van der Waals surface area (Å²) in [6.45, 7) is 0. The summed E-state index contributed by atoms with van der Waals surface area (Å²) in [6, 6.07) is 13.6. The third-order valence-electron chi connectivity index (χ3n) is 2.24. The van der Waals surface area contributed by atoms with E-state index in [9.17, 15) is 0 Å². The summed E-state index contributed by atoms with van der Waals surface area (Å²) in [6.07, 6.45) is 0. The van der Waals surface area contributed by atoms with Crippen molar-refractivity contribution in [3.8, 4) is 11.5 Å². The molecule has 4 heteroatoms. The lowest BCUT2D eigenvalue weighted by molar-refractivity contribution is 0.475. The maximum absolute atomic E-state index is 6.16. The molecule has 0 saturated heterocycles. The maximum Gasteiger partial charge on any atom is 0.150 e. The summed E-state index contributed by atoms with van der Waals surface area (Å²) < 4.78 is 6.95. The lowest BCUT2D eigenvalue weighted by atomic mass is 10.2. The molecular formula is C13H9BrClIO. The fourth-order valence-electron chi connectivity index (χ4n) is 1.41. The van der Waals surface area contributed by atoms with Gasteiger partial charge >= 0.3 is 0 Å². The Hall–Kier alpha value is -0.260. The van der Waals surface area contributed by atoms with E-state index in [0.29, 0.717) is 10.4 Å². The molecule has 1 nitrogen and oxygen atoms in total. The molecule has 0 aliphatic rings. The van der Waals surface area contributed by atoms with E-state index < -0.39 is 0 Å². The quantitative estimate of drug-likeness (QED) is 0.459. The zero-order valence-corrected chi connectivity index (χ0v) is 13.3. The van der Waals surface area contributed by atoms with E-state index in [1.54, 1.807) is 0 Å². The number of alkyl halides is 1. The average molecular weight is 423 g/mol. The van der Waals surface area contributed by atoms with E-state index in [4.69, 9.17) is 16.3 Å².